The van der Waals surface area contributed by atoms with E-state index in [9.17, 15) is 4.79 Å². The summed E-state index contributed by atoms with van der Waals surface area (Å²) >= 11 is 0. The van der Waals surface area contributed by atoms with Gasteiger partial charge in [0, 0.05) is 7.05 Å². The Hall–Kier alpha value is -2.57. The Morgan fingerprint density at radius 1 is 1.39 bits per heavy atom. The zero-order chi connectivity index (χ0) is 13.1. The molecule has 0 spiro atoms. The number of para-hydroxylation sites is 2. The first-order valence-electron chi connectivity index (χ1n) is 5.22. The smallest absolute Gasteiger partial charge is 0.309 e. The van der Waals surface area contributed by atoms with Crippen molar-refractivity contribution < 1.29 is 4.74 Å². The first kappa shape index (κ1) is 11.9. The predicted octanol–water partition coefficient (Wildman–Crippen LogP) is 0.510. The van der Waals surface area contributed by atoms with Crippen molar-refractivity contribution in [1.82, 2.24) is 14.8 Å². The number of ether oxygens (including phenoxy) is 1. The molecular weight excluding hydrogens is 234 g/mol. The molecule has 1 aromatic carbocycles. The predicted molar refractivity (Wildman–Crippen MR) is 68.0 cm³/mol. The fourth-order valence-electron chi connectivity index (χ4n) is 1.46. The molecule has 3 N–H and O–H groups in total. The monoisotopic (exact) mass is 247 g/mol. The Bertz CT molecular complexity index is 597. The molecule has 0 aliphatic rings. The lowest BCUT2D eigenvalue weighted by Gasteiger charge is -2.10. The second-order valence-corrected chi connectivity index (χ2v) is 3.57. The minimum absolute atomic E-state index is 0.107. The van der Waals surface area contributed by atoms with Crippen molar-refractivity contribution in [3.8, 4) is 5.75 Å². The molecule has 0 saturated heterocycles. The Labute approximate surface area is 103 Å². The number of anilines is 3. The molecule has 0 aliphatic heterocycles. The summed E-state index contributed by atoms with van der Waals surface area (Å²) in [7, 11) is 3.07. The lowest BCUT2D eigenvalue weighted by atomic mass is 10.3. The Morgan fingerprint density at radius 2 is 2.11 bits per heavy atom. The fourth-order valence-corrected chi connectivity index (χ4v) is 1.46. The summed E-state index contributed by atoms with van der Waals surface area (Å²) < 4.78 is 6.31. The number of methoxy groups -OCH3 is 1. The van der Waals surface area contributed by atoms with Crippen molar-refractivity contribution in [2.75, 3.05) is 18.2 Å². The Morgan fingerprint density at radius 3 is 2.78 bits per heavy atom. The van der Waals surface area contributed by atoms with Gasteiger partial charge < -0.3 is 15.8 Å². The summed E-state index contributed by atoms with van der Waals surface area (Å²) in [6, 6.07) is 7.30. The van der Waals surface area contributed by atoms with Gasteiger partial charge in [-0.3, -0.25) is 4.79 Å². The van der Waals surface area contributed by atoms with Crippen molar-refractivity contribution >= 4 is 17.5 Å². The van der Waals surface area contributed by atoms with Gasteiger partial charge in [0.15, 0.2) is 5.82 Å². The highest BCUT2D eigenvalue weighted by atomic mass is 16.5. The van der Waals surface area contributed by atoms with E-state index in [0.717, 1.165) is 4.68 Å². The topological polar surface area (TPSA) is 95.1 Å². The first-order chi connectivity index (χ1) is 8.61. The molecule has 2 rings (SSSR count). The van der Waals surface area contributed by atoms with Gasteiger partial charge in [-0.2, -0.15) is 4.98 Å². The Balaban J connectivity index is 2.37. The maximum absolute atomic E-state index is 11.4. The van der Waals surface area contributed by atoms with Crippen LogP contribution in [0, 0.1) is 0 Å². The number of nitrogens with one attached hydrogen (secondary N) is 1. The molecule has 1 aromatic heterocycles. The van der Waals surface area contributed by atoms with Gasteiger partial charge in [0.1, 0.15) is 5.75 Å². The average Bonchev–Trinajstić information content (AvgIpc) is 2.36. The molecular formula is C11H13N5O2. The van der Waals surface area contributed by atoms with E-state index in [-0.39, 0.29) is 11.8 Å². The number of aryl methyl sites for hydroxylation is 1. The number of hydrogen-bond donors (Lipinski definition) is 2. The largest absolute Gasteiger partial charge is 0.495 e. The van der Waals surface area contributed by atoms with Crippen LogP contribution in [0.2, 0.25) is 0 Å². The summed E-state index contributed by atoms with van der Waals surface area (Å²) in [5.41, 5.74) is 5.75. The van der Waals surface area contributed by atoms with Gasteiger partial charge in [-0.15, -0.1) is 5.10 Å². The second-order valence-electron chi connectivity index (χ2n) is 3.57. The highest BCUT2D eigenvalue weighted by Gasteiger charge is 2.07. The fraction of sp³-hybridized carbons (Fsp3) is 0.182. The van der Waals surface area contributed by atoms with E-state index in [1.54, 1.807) is 13.2 Å². The van der Waals surface area contributed by atoms with Crippen LogP contribution in [0.25, 0.3) is 0 Å². The van der Waals surface area contributed by atoms with Crippen LogP contribution in [0.5, 0.6) is 5.75 Å². The Kier molecular flexibility index (Phi) is 3.13. The summed E-state index contributed by atoms with van der Waals surface area (Å²) in [6.45, 7) is 0. The molecule has 0 aliphatic carbocycles. The van der Waals surface area contributed by atoms with Crippen molar-refractivity contribution in [2.45, 2.75) is 0 Å². The van der Waals surface area contributed by atoms with Crippen molar-refractivity contribution in [2.24, 2.45) is 7.05 Å². The van der Waals surface area contributed by atoms with Gasteiger partial charge in [0.25, 0.3) is 0 Å². The number of aromatic nitrogens is 3. The van der Waals surface area contributed by atoms with Crippen LogP contribution < -0.4 is 21.3 Å². The summed E-state index contributed by atoms with van der Waals surface area (Å²) in [6.07, 6.45) is 0. The lowest BCUT2D eigenvalue weighted by Crippen LogP contribution is -2.25. The minimum Gasteiger partial charge on any atom is -0.495 e. The number of benzene rings is 1. The van der Waals surface area contributed by atoms with Crippen molar-refractivity contribution in [3.05, 3.63) is 34.6 Å². The average molecular weight is 247 g/mol. The van der Waals surface area contributed by atoms with Gasteiger partial charge in [0.2, 0.25) is 5.95 Å². The molecule has 18 heavy (non-hydrogen) atoms. The zero-order valence-electron chi connectivity index (χ0n) is 10.0. The number of rotatable bonds is 3. The third kappa shape index (κ3) is 2.24. The van der Waals surface area contributed by atoms with Crippen LogP contribution in [0.1, 0.15) is 0 Å². The van der Waals surface area contributed by atoms with Gasteiger partial charge in [0.05, 0.1) is 12.8 Å². The summed E-state index contributed by atoms with van der Waals surface area (Å²) in [5, 5.41) is 6.90. The van der Waals surface area contributed by atoms with Gasteiger partial charge in [-0.05, 0) is 12.1 Å². The second kappa shape index (κ2) is 4.74. The van der Waals surface area contributed by atoms with Crippen LogP contribution >= 0.6 is 0 Å². The highest BCUT2D eigenvalue weighted by molar-refractivity contribution is 5.62. The molecule has 0 fully saturated rings. The number of nitrogen functional groups attached to an aromatic ring is 1. The molecule has 1 heterocycles. The quantitative estimate of drug-likeness (QED) is 0.820. The molecule has 0 amide bonds. The van der Waals surface area contributed by atoms with E-state index in [0.29, 0.717) is 11.4 Å². The van der Waals surface area contributed by atoms with Crippen LogP contribution in [-0.4, -0.2) is 21.9 Å². The number of nitrogens with two attached hydrogens (primary N) is 1. The normalized spacial score (nSPS) is 10.1. The van der Waals surface area contributed by atoms with E-state index < -0.39 is 5.56 Å². The molecule has 7 nitrogen and oxygen atoms in total. The standard InChI is InChI=1S/C11H13N5O2/c1-16-10(17)9(12)14-11(15-16)13-7-5-3-4-6-8(7)18-2/h3-6H,1-2H3,(H3,12,13,14,15). The van der Waals surface area contributed by atoms with E-state index in [1.807, 2.05) is 18.2 Å². The number of nitrogens with zero attached hydrogens (tertiary/aromatic N) is 3. The maximum Gasteiger partial charge on any atom is 0.309 e. The van der Waals surface area contributed by atoms with Crippen LogP contribution in [0.4, 0.5) is 17.5 Å². The van der Waals surface area contributed by atoms with Gasteiger partial charge in [-0.1, -0.05) is 12.1 Å². The van der Waals surface area contributed by atoms with E-state index in [4.69, 9.17) is 10.5 Å². The molecule has 0 radical (unpaired) electrons. The lowest BCUT2D eigenvalue weighted by molar-refractivity contribution is 0.416. The molecule has 2 aromatic rings. The van der Waals surface area contributed by atoms with E-state index >= 15 is 0 Å². The third-order valence-electron chi connectivity index (χ3n) is 2.34. The van der Waals surface area contributed by atoms with E-state index in [1.165, 1.54) is 7.05 Å². The minimum atomic E-state index is -0.430. The molecule has 7 heteroatoms. The van der Waals surface area contributed by atoms with Crippen molar-refractivity contribution in [1.29, 1.82) is 0 Å². The SMILES string of the molecule is COc1ccccc1Nc1nc(N)c(=O)n(C)n1. The first-order valence-corrected chi connectivity index (χ1v) is 5.22. The number of hydrogen-bond acceptors (Lipinski definition) is 6. The highest BCUT2D eigenvalue weighted by Crippen LogP contribution is 2.25. The molecule has 0 bridgehead atoms. The summed E-state index contributed by atoms with van der Waals surface area (Å²) in [5.74, 6) is 0.775. The van der Waals surface area contributed by atoms with Crippen molar-refractivity contribution in [3.63, 3.8) is 0 Å². The zero-order valence-corrected chi connectivity index (χ0v) is 10.0. The van der Waals surface area contributed by atoms with Crippen LogP contribution in [0.15, 0.2) is 29.1 Å². The van der Waals surface area contributed by atoms with Gasteiger partial charge >= 0.3 is 5.56 Å². The summed E-state index contributed by atoms with van der Waals surface area (Å²) in [4.78, 5) is 15.2. The molecule has 94 valence electrons. The van der Waals surface area contributed by atoms with E-state index in [2.05, 4.69) is 15.4 Å². The van der Waals surface area contributed by atoms with Crippen LogP contribution in [-0.2, 0) is 7.05 Å². The van der Waals surface area contributed by atoms with Gasteiger partial charge in [-0.25, -0.2) is 4.68 Å². The molecule has 0 atom stereocenters. The maximum atomic E-state index is 11.4. The van der Waals surface area contributed by atoms with Crippen LogP contribution in [0.3, 0.4) is 0 Å². The molecule has 0 saturated carbocycles. The third-order valence-corrected chi connectivity index (χ3v) is 2.34. The molecule has 0 unspecified atom stereocenters.